The molecule has 0 bridgehead atoms. The molecule has 3 heterocycles. The van der Waals surface area contributed by atoms with E-state index in [0.29, 0.717) is 5.75 Å². The van der Waals surface area contributed by atoms with Crippen molar-refractivity contribution in [3.05, 3.63) is 71.4 Å². The molecule has 2 aromatic carbocycles. The number of aromatic hydroxyl groups is 1. The Morgan fingerprint density at radius 3 is 2.55 bits per heavy atom. The summed E-state index contributed by atoms with van der Waals surface area (Å²) in [7, 11) is 0. The highest BCUT2D eigenvalue weighted by Gasteiger charge is 2.48. The number of ether oxygens (including phenoxy) is 2. The second kappa shape index (κ2) is 6.66. The first kappa shape index (κ1) is 19.3. The zero-order chi connectivity index (χ0) is 21.9. The van der Waals surface area contributed by atoms with E-state index < -0.39 is 42.4 Å². The lowest BCUT2D eigenvalue weighted by Gasteiger charge is -2.19. The number of carbonyl (C=O) groups is 1. The Hall–Kier alpha value is -3.69. The first-order chi connectivity index (χ1) is 14.7. The maximum atomic E-state index is 14.7. The molecule has 5 rings (SSSR count). The molecule has 2 unspecified atom stereocenters. The quantitative estimate of drug-likeness (QED) is 0.611. The van der Waals surface area contributed by atoms with Gasteiger partial charge in [-0.25, -0.2) is 4.39 Å². The normalized spacial score (nSPS) is 19.7. The second-order valence-electron chi connectivity index (χ2n) is 7.08. The van der Waals surface area contributed by atoms with Crippen LogP contribution in [0.2, 0.25) is 0 Å². The largest absolute Gasteiger partial charge is 0.508 e. The predicted molar refractivity (Wildman–Crippen MR) is 97.2 cm³/mol. The van der Waals surface area contributed by atoms with E-state index in [1.807, 2.05) is 0 Å². The van der Waals surface area contributed by atoms with Crippen molar-refractivity contribution >= 4 is 11.6 Å². The molecule has 2 aliphatic heterocycles. The molecule has 0 saturated carbocycles. The Kier molecular flexibility index (Phi) is 4.14. The number of amides is 1. The van der Waals surface area contributed by atoms with Crippen LogP contribution in [0.5, 0.6) is 17.2 Å². The predicted octanol–water partition coefficient (Wildman–Crippen LogP) is 4.57. The minimum absolute atomic E-state index is 0.0629. The summed E-state index contributed by atoms with van der Waals surface area (Å²) < 4.78 is 69.3. The molecule has 1 N–H and O–H groups in total. The maximum Gasteiger partial charge on any atom is 0.449 e. The summed E-state index contributed by atoms with van der Waals surface area (Å²) in [5.74, 6) is -3.32. The summed E-state index contributed by atoms with van der Waals surface area (Å²) in [4.78, 5) is 14.2. The molecule has 1 amide bonds. The summed E-state index contributed by atoms with van der Waals surface area (Å²) in [5, 5.41) is 9.61. The van der Waals surface area contributed by atoms with Crippen LogP contribution in [0.1, 0.15) is 23.0 Å². The van der Waals surface area contributed by atoms with Crippen LogP contribution >= 0.6 is 0 Å². The molecule has 0 saturated heterocycles. The number of nitrogens with zero attached hydrogens (tertiary/aromatic N) is 1. The van der Waals surface area contributed by atoms with Crippen LogP contribution in [0.15, 0.2) is 52.9 Å². The average molecular weight is 435 g/mol. The highest BCUT2D eigenvalue weighted by atomic mass is 19.4. The van der Waals surface area contributed by atoms with Crippen LogP contribution in [-0.4, -0.2) is 17.3 Å². The third-order valence-electron chi connectivity index (χ3n) is 5.10. The van der Waals surface area contributed by atoms with E-state index in [1.54, 1.807) is 0 Å². The SMILES string of the molecule is O=C1C(C2Oc3ccc(O)cc3O2)c2cccc(F)c2N1Cc1ccc(C(F)(F)F)o1. The molecule has 0 aliphatic carbocycles. The number of rotatable bonds is 3. The lowest BCUT2D eigenvalue weighted by molar-refractivity contribution is -0.153. The number of halogens is 4. The lowest BCUT2D eigenvalue weighted by atomic mass is 10.00. The van der Waals surface area contributed by atoms with E-state index in [-0.39, 0.29) is 28.5 Å². The number of fused-ring (bicyclic) bond motifs is 2. The number of carbonyl (C=O) groups excluding carboxylic acids is 1. The molecular formula is C21H13F4NO5. The van der Waals surface area contributed by atoms with Crippen LogP contribution in [0, 0.1) is 5.82 Å². The van der Waals surface area contributed by atoms with Crippen molar-refractivity contribution in [1.29, 1.82) is 0 Å². The van der Waals surface area contributed by atoms with Crippen molar-refractivity contribution in [2.45, 2.75) is 24.9 Å². The van der Waals surface area contributed by atoms with Crippen molar-refractivity contribution in [2.75, 3.05) is 4.90 Å². The Balaban J connectivity index is 1.48. The third kappa shape index (κ3) is 3.15. The fourth-order valence-corrected chi connectivity index (χ4v) is 3.77. The van der Waals surface area contributed by atoms with Gasteiger partial charge in [-0.2, -0.15) is 13.2 Å². The van der Waals surface area contributed by atoms with Crippen molar-refractivity contribution in [1.82, 2.24) is 0 Å². The summed E-state index contributed by atoms with van der Waals surface area (Å²) in [6.45, 7) is -0.403. The van der Waals surface area contributed by atoms with E-state index in [9.17, 15) is 27.5 Å². The van der Waals surface area contributed by atoms with Gasteiger partial charge < -0.3 is 23.9 Å². The molecule has 1 aromatic heterocycles. The standard InChI is InChI=1S/C21H13F4NO5/c22-13-3-1-2-12-17(20-30-14-6-4-10(27)8-15(14)31-20)19(28)26(18(12)13)9-11-5-7-16(29-11)21(23,24)25/h1-8,17,20,27H,9H2. The molecule has 160 valence electrons. The molecule has 31 heavy (non-hydrogen) atoms. The number of anilines is 1. The van der Waals surface area contributed by atoms with Gasteiger partial charge in [0, 0.05) is 6.07 Å². The number of benzene rings is 2. The molecule has 0 spiro atoms. The fourth-order valence-electron chi connectivity index (χ4n) is 3.77. The minimum atomic E-state index is -4.68. The minimum Gasteiger partial charge on any atom is -0.508 e. The lowest BCUT2D eigenvalue weighted by Crippen LogP contribution is -2.36. The van der Waals surface area contributed by atoms with E-state index in [1.165, 1.54) is 30.3 Å². The maximum absolute atomic E-state index is 14.7. The molecular weight excluding hydrogens is 422 g/mol. The third-order valence-corrected chi connectivity index (χ3v) is 5.10. The smallest absolute Gasteiger partial charge is 0.449 e. The molecule has 0 fully saturated rings. The Morgan fingerprint density at radius 1 is 1.03 bits per heavy atom. The average Bonchev–Trinajstić information content (AvgIpc) is 3.39. The van der Waals surface area contributed by atoms with Crippen molar-refractivity contribution < 1.29 is 41.4 Å². The number of phenolic OH excluding ortho intramolecular Hbond substituents is 1. The fraction of sp³-hybridized carbons (Fsp3) is 0.190. The molecule has 10 heteroatoms. The highest BCUT2D eigenvalue weighted by molar-refractivity contribution is 6.05. The number of hydrogen-bond acceptors (Lipinski definition) is 5. The Bertz CT molecular complexity index is 1190. The molecule has 6 nitrogen and oxygen atoms in total. The van der Waals surface area contributed by atoms with E-state index in [4.69, 9.17) is 13.9 Å². The number of para-hydroxylation sites is 1. The van der Waals surface area contributed by atoms with Crippen LogP contribution in [0.4, 0.5) is 23.2 Å². The number of phenols is 1. The molecule has 0 radical (unpaired) electrons. The first-order valence-corrected chi connectivity index (χ1v) is 9.14. The van der Waals surface area contributed by atoms with Gasteiger partial charge in [0.15, 0.2) is 11.5 Å². The Labute approximate surface area is 172 Å². The molecule has 2 atom stereocenters. The van der Waals surface area contributed by atoms with E-state index in [2.05, 4.69) is 0 Å². The van der Waals surface area contributed by atoms with Crippen molar-refractivity contribution in [3.8, 4) is 17.2 Å². The van der Waals surface area contributed by atoms with Gasteiger partial charge in [0.25, 0.3) is 6.29 Å². The number of furan rings is 1. The van der Waals surface area contributed by atoms with E-state index in [0.717, 1.165) is 23.1 Å². The summed E-state index contributed by atoms with van der Waals surface area (Å²) >= 11 is 0. The van der Waals surface area contributed by atoms with Crippen molar-refractivity contribution in [2.24, 2.45) is 0 Å². The highest BCUT2D eigenvalue weighted by Crippen LogP contribution is 2.47. The zero-order valence-corrected chi connectivity index (χ0v) is 15.5. The van der Waals surface area contributed by atoms with Gasteiger partial charge in [-0.05, 0) is 35.9 Å². The van der Waals surface area contributed by atoms with Gasteiger partial charge >= 0.3 is 6.18 Å². The van der Waals surface area contributed by atoms with Gasteiger partial charge in [-0.3, -0.25) is 4.79 Å². The summed E-state index contributed by atoms with van der Waals surface area (Å²) in [6.07, 6.45) is -5.82. The molecule has 2 aliphatic rings. The summed E-state index contributed by atoms with van der Waals surface area (Å²) in [5.41, 5.74) is 0.197. The summed E-state index contributed by atoms with van der Waals surface area (Å²) in [6, 6.07) is 10.1. The van der Waals surface area contributed by atoms with Crippen LogP contribution < -0.4 is 14.4 Å². The van der Waals surface area contributed by atoms with Gasteiger partial charge in [-0.15, -0.1) is 0 Å². The number of hydrogen-bond donors (Lipinski definition) is 1. The Morgan fingerprint density at radius 2 is 1.81 bits per heavy atom. The first-order valence-electron chi connectivity index (χ1n) is 9.14. The van der Waals surface area contributed by atoms with Gasteiger partial charge in [0.2, 0.25) is 11.7 Å². The van der Waals surface area contributed by atoms with Gasteiger partial charge in [0.05, 0.1) is 12.2 Å². The van der Waals surface area contributed by atoms with Crippen molar-refractivity contribution in [3.63, 3.8) is 0 Å². The zero-order valence-electron chi connectivity index (χ0n) is 15.5. The van der Waals surface area contributed by atoms with Gasteiger partial charge in [0.1, 0.15) is 23.2 Å². The molecule has 3 aromatic rings. The van der Waals surface area contributed by atoms with Crippen LogP contribution in [-0.2, 0) is 17.5 Å². The van der Waals surface area contributed by atoms with E-state index >= 15 is 0 Å². The topological polar surface area (TPSA) is 72.1 Å². The van der Waals surface area contributed by atoms with Crippen LogP contribution in [0.3, 0.4) is 0 Å². The second-order valence-corrected chi connectivity index (χ2v) is 7.08. The van der Waals surface area contributed by atoms with Gasteiger partial charge in [-0.1, -0.05) is 12.1 Å². The monoisotopic (exact) mass is 435 g/mol. The van der Waals surface area contributed by atoms with Crippen LogP contribution in [0.25, 0.3) is 0 Å². The number of alkyl halides is 3.